The lowest BCUT2D eigenvalue weighted by molar-refractivity contribution is 0.0827. The van der Waals surface area contributed by atoms with Gasteiger partial charge in [0.25, 0.3) is 5.91 Å². The SMILES string of the molecule is CCNC(=NCCc1cccc(C(=O)N(C)C)c1)NCCOc1cccc2ccccc12. The van der Waals surface area contributed by atoms with Gasteiger partial charge in [0, 0.05) is 38.1 Å². The van der Waals surface area contributed by atoms with Gasteiger partial charge in [0.1, 0.15) is 12.4 Å². The molecule has 0 aromatic heterocycles. The maximum absolute atomic E-state index is 12.2. The number of carbonyl (C=O) groups excluding carboxylic acids is 1. The summed E-state index contributed by atoms with van der Waals surface area (Å²) in [4.78, 5) is 18.4. The van der Waals surface area contributed by atoms with Crippen LogP contribution in [0.3, 0.4) is 0 Å². The first-order valence-electron chi connectivity index (χ1n) is 11.0. The van der Waals surface area contributed by atoms with Crippen molar-refractivity contribution in [1.82, 2.24) is 15.5 Å². The monoisotopic (exact) mass is 432 g/mol. The highest BCUT2D eigenvalue weighted by atomic mass is 16.5. The van der Waals surface area contributed by atoms with E-state index < -0.39 is 0 Å². The summed E-state index contributed by atoms with van der Waals surface area (Å²) in [5, 5.41) is 8.87. The second kappa shape index (κ2) is 11.7. The molecule has 0 atom stereocenters. The molecule has 0 heterocycles. The van der Waals surface area contributed by atoms with Crippen LogP contribution in [0, 0.1) is 0 Å². The summed E-state index contributed by atoms with van der Waals surface area (Å²) in [5.74, 6) is 1.66. The minimum Gasteiger partial charge on any atom is -0.491 e. The first-order valence-corrected chi connectivity index (χ1v) is 11.0. The molecule has 0 spiro atoms. The number of nitrogens with one attached hydrogen (secondary N) is 2. The Morgan fingerprint density at radius 3 is 2.59 bits per heavy atom. The molecule has 3 aromatic carbocycles. The van der Waals surface area contributed by atoms with Gasteiger partial charge in [-0.05, 0) is 42.5 Å². The Bertz CT molecular complexity index is 1060. The highest BCUT2D eigenvalue weighted by Crippen LogP contribution is 2.24. The maximum atomic E-state index is 12.2. The summed E-state index contributed by atoms with van der Waals surface area (Å²) < 4.78 is 6.00. The highest BCUT2D eigenvalue weighted by molar-refractivity contribution is 5.94. The van der Waals surface area contributed by atoms with E-state index in [0.29, 0.717) is 25.3 Å². The number of rotatable bonds is 9. The predicted molar refractivity (Wildman–Crippen MR) is 132 cm³/mol. The molecule has 0 saturated heterocycles. The number of hydrogen-bond donors (Lipinski definition) is 2. The van der Waals surface area contributed by atoms with Crippen LogP contribution in [0.2, 0.25) is 0 Å². The van der Waals surface area contributed by atoms with Crippen molar-refractivity contribution in [2.24, 2.45) is 4.99 Å². The first-order chi connectivity index (χ1) is 15.6. The average Bonchev–Trinajstić information content (AvgIpc) is 2.81. The van der Waals surface area contributed by atoms with Crippen LogP contribution >= 0.6 is 0 Å². The lowest BCUT2D eigenvalue weighted by Gasteiger charge is -2.13. The quantitative estimate of drug-likeness (QED) is 0.307. The van der Waals surface area contributed by atoms with E-state index in [2.05, 4.69) is 33.8 Å². The van der Waals surface area contributed by atoms with Crippen molar-refractivity contribution in [2.45, 2.75) is 13.3 Å². The minimum absolute atomic E-state index is 0.0107. The van der Waals surface area contributed by atoms with Gasteiger partial charge in [0.15, 0.2) is 5.96 Å². The Balaban J connectivity index is 1.51. The lowest BCUT2D eigenvalue weighted by atomic mass is 10.1. The van der Waals surface area contributed by atoms with Crippen LogP contribution in [0.25, 0.3) is 10.8 Å². The third-order valence-electron chi connectivity index (χ3n) is 5.00. The molecule has 1 amide bonds. The molecular formula is C26H32N4O2. The van der Waals surface area contributed by atoms with Gasteiger partial charge in [-0.25, -0.2) is 0 Å². The number of carbonyl (C=O) groups is 1. The summed E-state index contributed by atoms with van der Waals surface area (Å²) in [6.45, 7) is 4.62. The Kier molecular flexibility index (Phi) is 8.49. The number of guanidine groups is 1. The van der Waals surface area contributed by atoms with Crippen LogP contribution in [0.4, 0.5) is 0 Å². The highest BCUT2D eigenvalue weighted by Gasteiger charge is 2.08. The molecule has 32 heavy (non-hydrogen) atoms. The topological polar surface area (TPSA) is 66.0 Å². The van der Waals surface area contributed by atoms with E-state index in [1.54, 1.807) is 19.0 Å². The Hall–Kier alpha value is -3.54. The number of nitrogens with zero attached hydrogens (tertiary/aromatic N) is 2. The van der Waals surface area contributed by atoms with Gasteiger partial charge in [-0.3, -0.25) is 9.79 Å². The molecule has 6 nitrogen and oxygen atoms in total. The van der Waals surface area contributed by atoms with Crippen molar-refractivity contribution in [1.29, 1.82) is 0 Å². The van der Waals surface area contributed by atoms with E-state index >= 15 is 0 Å². The standard InChI is InChI=1S/C26H32N4O2/c1-4-27-26(28-16-15-20-9-7-12-22(19-20)25(31)30(2)3)29-17-18-32-24-14-8-11-21-10-5-6-13-23(21)24/h5-14,19H,4,15-18H2,1-3H3,(H2,27,28,29). The fourth-order valence-electron chi connectivity index (χ4n) is 3.41. The number of ether oxygens (including phenoxy) is 1. The molecule has 0 aliphatic rings. The molecule has 6 heteroatoms. The molecular weight excluding hydrogens is 400 g/mol. The van der Waals surface area contributed by atoms with Crippen molar-refractivity contribution >= 4 is 22.6 Å². The van der Waals surface area contributed by atoms with E-state index in [9.17, 15) is 4.79 Å². The molecule has 3 aromatic rings. The van der Waals surface area contributed by atoms with Crippen LogP contribution in [-0.4, -0.2) is 57.1 Å². The van der Waals surface area contributed by atoms with Crippen molar-refractivity contribution in [2.75, 3.05) is 40.3 Å². The minimum atomic E-state index is 0.0107. The molecule has 0 aliphatic heterocycles. The van der Waals surface area contributed by atoms with Gasteiger partial charge in [-0.2, -0.15) is 0 Å². The van der Waals surface area contributed by atoms with E-state index in [-0.39, 0.29) is 5.91 Å². The molecule has 2 N–H and O–H groups in total. The smallest absolute Gasteiger partial charge is 0.253 e. The van der Waals surface area contributed by atoms with Crippen LogP contribution in [-0.2, 0) is 6.42 Å². The van der Waals surface area contributed by atoms with E-state index in [1.165, 1.54) is 5.39 Å². The number of benzene rings is 3. The summed E-state index contributed by atoms with van der Waals surface area (Å²) in [6, 6.07) is 22.0. The fourth-order valence-corrected chi connectivity index (χ4v) is 3.41. The molecule has 0 saturated carbocycles. The summed E-state index contributed by atoms with van der Waals surface area (Å²) >= 11 is 0. The van der Waals surface area contributed by atoms with Crippen molar-refractivity contribution in [3.05, 3.63) is 77.9 Å². The zero-order valence-electron chi connectivity index (χ0n) is 19.1. The van der Waals surface area contributed by atoms with Crippen molar-refractivity contribution in [3.63, 3.8) is 0 Å². The third-order valence-corrected chi connectivity index (χ3v) is 5.00. The van der Waals surface area contributed by atoms with Crippen molar-refractivity contribution in [3.8, 4) is 5.75 Å². The summed E-state index contributed by atoms with van der Waals surface area (Å²) in [7, 11) is 3.52. The summed E-state index contributed by atoms with van der Waals surface area (Å²) in [5.41, 5.74) is 1.80. The van der Waals surface area contributed by atoms with E-state index in [0.717, 1.165) is 35.6 Å². The molecule has 168 valence electrons. The molecule has 0 bridgehead atoms. The zero-order valence-corrected chi connectivity index (χ0v) is 19.1. The Morgan fingerprint density at radius 2 is 1.78 bits per heavy atom. The number of fused-ring (bicyclic) bond motifs is 1. The number of aliphatic imine (C=N–C) groups is 1. The van der Waals surface area contributed by atoms with E-state index in [4.69, 9.17) is 4.74 Å². The lowest BCUT2D eigenvalue weighted by Crippen LogP contribution is -2.39. The van der Waals surface area contributed by atoms with Gasteiger partial charge in [0.05, 0.1) is 6.54 Å². The molecule has 0 unspecified atom stereocenters. The van der Waals surface area contributed by atoms with Crippen LogP contribution < -0.4 is 15.4 Å². The van der Waals surface area contributed by atoms with Gasteiger partial charge >= 0.3 is 0 Å². The van der Waals surface area contributed by atoms with Gasteiger partial charge < -0.3 is 20.3 Å². The van der Waals surface area contributed by atoms with Crippen LogP contribution in [0.15, 0.2) is 71.7 Å². The molecule has 3 rings (SSSR count). The zero-order chi connectivity index (χ0) is 22.8. The second-order valence-electron chi connectivity index (χ2n) is 7.66. The fraction of sp³-hybridized carbons (Fsp3) is 0.308. The summed E-state index contributed by atoms with van der Waals surface area (Å²) in [6.07, 6.45) is 0.762. The first kappa shape index (κ1) is 23.1. The van der Waals surface area contributed by atoms with Gasteiger partial charge in [0.2, 0.25) is 0 Å². The molecule has 0 aliphatic carbocycles. The normalized spacial score (nSPS) is 11.3. The average molecular weight is 433 g/mol. The van der Waals surface area contributed by atoms with Crippen LogP contribution in [0.5, 0.6) is 5.75 Å². The number of amides is 1. The molecule has 0 fully saturated rings. The third kappa shape index (κ3) is 6.48. The van der Waals surface area contributed by atoms with E-state index in [1.807, 2.05) is 55.5 Å². The maximum Gasteiger partial charge on any atom is 0.253 e. The predicted octanol–water partition coefficient (Wildman–Crippen LogP) is 3.72. The van der Waals surface area contributed by atoms with Gasteiger partial charge in [-0.1, -0.05) is 48.5 Å². The second-order valence-corrected chi connectivity index (χ2v) is 7.66. The molecule has 0 radical (unpaired) electrons. The van der Waals surface area contributed by atoms with Gasteiger partial charge in [-0.15, -0.1) is 0 Å². The Labute approximate surface area is 190 Å². The number of hydrogen-bond acceptors (Lipinski definition) is 3. The van der Waals surface area contributed by atoms with Crippen molar-refractivity contribution < 1.29 is 9.53 Å². The largest absolute Gasteiger partial charge is 0.491 e. The Morgan fingerprint density at radius 1 is 1.00 bits per heavy atom. The van der Waals surface area contributed by atoms with Crippen LogP contribution in [0.1, 0.15) is 22.8 Å².